The van der Waals surface area contributed by atoms with Gasteiger partial charge in [-0.1, -0.05) is 50.6 Å². The molecular weight excluding hydrogens is 222 g/mol. The van der Waals surface area contributed by atoms with Crippen molar-refractivity contribution in [2.75, 3.05) is 0 Å². The van der Waals surface area contributed by atoms with E-state index in [0.29, 0.717) is 12.0 Å². The van der Waals surface area contributed by atoms with Gasteiger partial charge in [-0.3, -0.25) is 4.99 Å². The zero-order chi connectivity index (χ0) is 13.0. The molecule has 0 saturated heterocycles. The van der Waals surface area contributed by atoms with E-state index >= 15 is 0 Å². The maximum Gasteiger partial charge on any atom is 0.118 e. The van der Waals surface area contributed by atoms with E-state index in [9.17, 15) is 0 Å². The van der Waals surface area contributed by atoms with Gasteiger partial charge >= 0.3 is 0 Å². The molecule has 0 radical (unpaired) electrons. The number of hydrogen-bond donors (Lipinski definition) is 2. The monoisotopic (exact) mass is 245 g/mol. The van der Waals surface area contributed by atoms with E-state index in [1.165, 1.54) is 18.4 Å². The van der Waals surface area contributed by atoms with Gasteiger partial charge in [-0.2, -0.15) is 0 Å². The number of hydrazine groups is 1. The molecule has 0 spiro atoms. The lowest BCUT2D eigenvalue weighted by molar-refractivity contribution is 0.516. The van der Waals surface area contributed by atoms with Crippen molar-refractivity contribution < 1.29 is 0 Å². The minimum absolute atomic E-state index is 0.279. The fourth-order valence-corrected chi connectivity index (χ4v) is 2.26. The number of rotatable bonds is 5. The van der Waals surface area contributed by atoms with Gasteiger partial charge < -0.3 is 5.43 Å². The molecular formula is C15H23N3. The summed E-state index contributed by atoms with van der Waals surface area (Å²) >= 11 is 0. The number of amidine groups is 1. The second kappa shape index (κ2) is 6.01. The first-order valence-electron chi connectivity index (χ1n) is 6.85. The summed E-state index contributed by atoms with van der Waals surface area (Å²) in [6.07, 6.45) is 3.52. The normalized spacial score (nSPS) is 19.4. The molecule has 3 N–H and O–H groups in total. The first-order valence-corrected chi connectivity index (χ1v) is 6.85. The zero-order valence-electron chi connectivity index (χ0n) is 11.3. The molecule has 18 heavy (non-hydrogen) atoms. The van der Waals surface area contributed by atoms with Crippen LogP contribution in [0.1, 0.15) is 44.6 Å². The first kappa shape index (κ1) is 13.1. The summed E-state index contributed by atoms with van der Waals surface area (Å²) in [7, 11) is 0. The molecule has 98 valence electrons. The lowest BCUT2D eigenvalue weighted by Crippen LogP contribution is -2.38. The van der Waals surface area contributed by atoms with E-state index in [-0.39, 0.29) is 5.92 Å². The molecule has 1 aromatic rings. The molecule has 1 saturated carbocycles. The lowest BCUT2D eigenvalue weighted by atomic mass is 9.84. The van der Waals surface area contributed by atoms with Crippen molar-refractivity contribution in [3.63, 3.8) is 0 Å². The molecule has 1 aliphatic rings. The molecule has 0 bridgehead atoms. The van der Waals surface area contributed by atoms with E-state index in [1.807, 2.05) is 6.07 Å². The summed E-state index contributed by atoms with van der Waals surface area (Å²) in [5.41, 5.74) is 4.13. The van der Waals surface area contributed by atoms with Gasteiger partial charge in [0.1, 0.15) is 5.84 Å². The Kier molecular flexibility index (Phi) is 4.37. The van der Waals surface area contributed by atoms with Crippen LogP contribution >= 0.6 is 0 Å². The predicted octanol–water partition coefficient (Wildman–Crippen LogP) is 2.84. The fourth-order valence-electron chi connectivity index (χ4n) is 2.26. The fraction of sp³-hybridized carbons (Fsp3) is 0.533. The van der Waals surface area contributed by atoms with Gasteiger partial charge in [0.15, 0.2) is 0 Å². The Morgan fingerprint density at radius 3 is 2.56 bits per heavy atom. The van der Waals surface area contributed by atoms with E-state index in [1.54, 1.807) is 0 Å². The average Bonchev–Trinajstić information content (AvgIpc) is 3.22. The van der Waals surface area contributed by atoms with Crippen LogP contribution in [0.3, 0.4) is 0 Å². The largest absolute Gasteiger partial charge is 0.312 e. The van der Waals surface area contributed by atoms with Crippen molar-refractivity contribution in [1.82, 2.24) is 5.43 Å². The summed E-state index contributed by atoms with van der Waals surface area (Å²) in [5, 5.41) is 0. The minimum atomic E-state index is 0.279. The van der Waals surface area contributed by atoms with Crippen LogP contribution in [-0.4, -0.2) is 11.9 Å². The highest BCUT2D eigenvalue weighted by atomic mass is 15.3. The van der Waals surface area contributed by atoms with Crippen molar-refractivity contribution in [3.8, 4) is 0 Å². The van der Waals surface area contributed by atoms with E-state index in [0.717, 1.165) is 12.3 Å². The van der Waals surface area contributed by atoms with Crippen LogP contribution in [0.5, 0.6) is 0 Å². The molecule has 2 unspecified atom stereocenters. The zero-order valence-corrected chi connectivity index (χ0v) is 11.3. The molecule has 1 aliphatic carbocycles. The Balaban J connectivity index is 2.29. The molecule has 1 fully saturated rings. The van der Waals surface area contributed by atoms with Crippen LogP contribution in [0.2, 0.25) is 0 Å². The van der Waals surface area contributed by atoms with Gasteiger partial charge in [-0.15, -0.1) is 0 Å². The maximum absolute atomic E-state index is 5.70. The van der Waals surface area contributed by atoms with Crippen LogP contribution in [0.4, 0.5) is 0 Å². The minimum Gasteiger partial charge on any atom is -0.312 e. The first-order chi connectivity index (χ1) is 8.76. The van der Waals surface area contributed by atoms with E-state index in [2.05, 4.69) is 43.5 Å². The van der Waals surface area contributed by atoms with Gasteiger partial charge in [0.2, 0.25) is 0 Å². The highest BCUT2D eigenvalue weighted by molar-refractivity contribution is 5.89. The summed E-state index contributed by atoms with van der Waals surface area (Å²) in [5.74, 6) is 7.45. The Labute approximate surface area is 109 Å². The summed E-state index contributed by atoms with van der Waals surface area (Å²) < 4.78 is 0. The Bertz CT molecular complexity index is 395. The predicted molar refractivity (Wildman–Crippen MR) is 76.4 cm³/mol. The van der Waals surface area contributed by atoms with Gasteiger partial charge in [0, 0.05) is 5.92 Å². The van der Waals surface area contributed by atoms with Crippen molar-refractivity contribution in [2.45, 2.75) is 45.1 Å². The molecule has 0 amide bonds. The summed E-state index contributed by atoms with van der Waals surface area (Å²) in [6.45, 7) is 4.48. The maximum atomic E-state index is 5.70. The second-order valence-corrected chi connectivity index (χ2v) is 5.16. The molecule has 2 rings (SSSR count). The van der Waals surface area contributed by atoms with Gasteiger partial charge in [-0.05, 0) is 24.3 Å². The molecule has 0 aromatic heterocycles. The third-order valence-electron chi connectivity index (χ3n) is 3.68. The number of nitrogens with two attached hydrogens (primary N) is 1. The van der Waals surface area contributed by atoms with Crippen molar-refractivity contribution in [2.24, 2.45) is 16.8 Å². The lowest BCUT2D eigenvalue weighted by Gasteiger charge is -2.25. The Hall–Kier alpha value is -1.35. The molecule has 3 heteroatoms. The van der Waals surface area contributed by atoms with E-state index < -0.39 is 0 Å². The number of aliphatic imine (C=N–C) groups is 1. The smallest absolute Gasteiger partial charge is 0.118 e. The number of benzene rings is 1. The highest BCUT2D eigenvalue weighted by Crippen LogP contribution is 2.30. The standard InChI is InChI=1S/C15H23N3/c1-3-11(2)14(12-7-5-4-6-8-12)15(18-16)17-13-9-10-13/h4-8,11,13-14H,3,9-10,16H2,1-2H3,(H,17,18). The van der Waals surface area contributed by atoms with Gasteiger partial charge in [0.05, 0.1) is 6.04 Å². The third-order valence-corrected chi connectivity index (χ3v) is 3.68. The van der Waals surface area contributed by atoms with Crippen molar-refractivity contribution >= 4 is 5.84 Å². The number of nitrogens with one attached hydrogen (secondary N) is 1. The van der Waals surface area contributed by atoms with Gasteiger partial charge in [-0.25, -0.2) is 5.84 Å². The molecule has 0 aliphatic heterocycles. The van der Waals surface area contributed by atoms with Crippen LogP contribution < -0.4 is 11.3 Å². The summed E-state index contributed by atoms with van der Waals surface area (Å²) in [6, 6.07) is 11.0. The van der Waals surface area contributed by atoms with Crippen LogP contribution in [0.25, 0.3) is 0 Å². The second-order valence-electron chi connectivity index (χ2n) is 5.16. The number of hydrogen-bond acceptors (Lipinski definition) is 2. The Morgan fingerprint density at radius 2 is 2.06 bits per heavy atom. The quantitative estimate of drug-likeness (QED) is 0.363. The average molecular weight is 245 g/mol. The molecule has 0 heterocycles. The highest BCUT2D eigenvalue weighted by Gasteiger charge is 2.27. The molecule has 3 nitrogen and oxygen atoms in total. The van der Waals surface area contributed by atoms with Crippen LogP contribution in [0.15, 0.2) is 35.3 Å². The SMILES string of the molecule is CCC(C)C(C(=NC1CC1)NN)c1ccccc1. The van der Waals surface area contributed by atoms with Gasteiger partial charge in [0.25, 0.3) is 0 Å². The number of nitrogens with zero attached hydrogens (tertiary/aromatic N) is 1. The Morgan fingerprint density at radius 1 is 1.39 bits per heavy atom. The van der Waals surface area contributed by atoms with Crippen molar-refractivity contribution in [1.29, 1.82) is 0 Å². The third kappa shape index (κ3) is 3.10. The van der Waals surface area contributed by atoms with Crippen molar-refractivity contribution in [3.05, 3.63) is 35.9 Å². The topological polar surface area (TPSA) is 50.4 Å². The molecule has 2 atom stereocenters. The molecule has 1 aromatic carbocycles. The summed E-state index contributed by atoms with van der Waals surface area (Å²) in [4.78, 5) is 4.73. The van der Waals surface area contributed by atoms with E-state index in [4.69, 9.17) is 10.8 Å². The van der Waals surface area contributed by atoms with Crippen LogP contribution in [0, 0.1) is 5.92 Å². The van der Waals surface area contributed by atoms with Crippen LogP contribution in [-0.2, 0) is 0 Å².